The molecule has 3 atom stereocenters. The first-order valence-corrected chi connectivity index (χ1v) is 11.1. The molecule has 3 unspecified atom stereocenters. The Kier molecular flexibility index (Phi) is 17.2. The summed E-state index contributed by atoms with van der Waals surface area (Å²) >= 11 is 0. The van der Waals surface area contributed by atoms with Gasteiger partial charge < -0.3 is 20.1 Å². The fourth-order valence-corrected chi connectivity index (χ4v) is 4.30. The molecule has 1 rings (SSSR count). The molecule has 0 aromatic rings. The lowest BCUT2D eigenvalue weighted by atomic mass is 9.95. The molecular formula is C18H38IN3O3S. The zero-order valence-corrected chi connectivity index (χ0v) is 19.8. The summed E-state index contributed by atoms with van der Waals surface area (Å²) in [5, 5.41) is 7.07. The van der Waals surface area contributed by atoms with Gasteiger partial charge in [-0.25, -0.2) is 0 Å². The van der Waals surface area contributed by atoms with E-state index in [1.54, 1.807) is 7.05 Å². The van der Waals surface area contributed by atoms with Crippen molar-refractivity contribution in [2.45, 2.75) is 63.7 Å². The standard InChI is InChI=1S/C18H37N3O3S.HI/c1-4-6-11-23-13-14-24-12-10-20-18(19-3)21-16-8-7-9-17(15-16)25(22)5-2;/h16-17H,4-15H2,1-3H3,(H2,19,20,21);1H. The second kappa shape index (κ2) is 17.2. The quantitative estimate of drug-likeness (QED) is 0.186. The van der Waals surface area contributed by atoms with E-state index in [1.807, 2.05) is 6.92 Å². The summed E-state index contributed by atoms with van der Waals surface area (Å²) in [7, 11) is 1.08. The summed E-state index contributed by atoms with van der Waals surface area (Å²) in [5.74, 6) is 1.56. The molecule has 0 aliphatic heterocycles. The summed E-state index contributed by atoms with van der Waals surface area (Å²) in [6, 6.07) is 0.355. The Morgan fingerprint density at radius 3 is 2.54 bits per heavy atom. The molecule has 156 valence electrons. The van der Waals surface area contributed by atoms with Crippen molar-refractivity contribution in [2.75, 3.05) is 45.8 Å². The number of hydrogen-bond donors (Lipinski definition) is 2. The lowest BCUT2D eigenvalue weighted by Crippen LogP contribution is -2.47. The predicted molar refractivity (Wildman–Crippen MR) is 121 cm³/mol. The molecule has 2 N–H and O–H groups in total. The van der Waals surface area contributed by atoms with Crippen molar-refractivity contribution in [3.63, 3.8) is 0 Å². The SMILES string of the molecule is CCCCOCCOCCNC(=NC)NC1CCCC(S(=O)CC)C1.I. The summed E-state index contributed by atoms with van der Waals surface area (Å²) < 4.78 is 23.0. The molecule has 0 spiro atoms. The van der Waals surface area contributed by atoms with Gasteiger partial charge in [-0.2, -0.15) is 0 Å². The molecule has 0 bridgehead atoms. The first-order chi connectivity index (χ1) is 12.2. The van der Waals surface area contributed by atoms with Crippen LogP contribution in [0.1, 0.15) is 52.4 Å². The van der Waals surface area contributed by atoms with Gasteiger partial charge in [0.05, 0.1) is 19.8 Å². The van der Waals surface area contributed by atoms with Crippen molar-refractivity contribution in [1.29, 1.82) is 0 Å². The molecule has 0 aromatic heterocycles. The predicted octanol–water partition coefficient (Wildman–Crippen LogP) is 2.68. The van der Waals surface area contributed by atoms with E-state index in [0.717, 1.165) is 56.8 Å². The van der Waals surface area contributed by atoms with Crippen molar-refractivity contribution in [3.8, 4) is 0 Å². The van der Waals surface area contributed by atoms with Crippen molar-refractivity contribution in [3.05, 3.63) is 0 Å². The van der Waals surface area contributed by atoms with Gasteiger partial charge >= 0.3 is 0 Å². The first kappa shape index (κ1) is 26.1. The van der Waals surface area contributed by atoms with Gasteiger partial charge in [0.2, 0.25) is 0 Å². The van der Waals surface area contributed by atoms with Gasteiger partial charge in [0, 0.05) is 48.0 Å². The molecule has 8 heteroatoms. The molecule has 0 radical (unpaired) electrons. The highest BCUT2D eigenvalue weighted by Gasteiger charge is 2.25. The van der Waals surface area contributed by atoms with Crippen LogP contribution in [0.25, 0.3) is 0 Å². The van der Waals surface area contributed by atoms with E-state index in [1.165, 1.54) is 0 Å². The van der Waals surface area contributed by atoms with Crippen LogP contribution in [0.15, 0.2) is 4.99 Å². The number of halogens is 1. The molecular weight excluding hydrogens is 465 g/mol. The maximum atomic E-state index is 12.0. The third kappa shape index (κ3) is 11.7. The topological polar surface area (TPSA) is 72.0 Å². The van der Waals surface area contributed by atoms with E-state index in [0.29, 0.717) is 37.7 Å². The van der Waals surface area contributed by atoms with Crippen molar-refractivity contribution < 1.29 is 13.7 Å². The maximum Gasteiger partial charge on any atom is 0.191 e. The van der Waals surface area contributed by atoms with Crippen molar-refractivity contribution in [2.24, 2.45) is 4.99 Å². The Morgan fingerprint density at radius 2 is 1.88 bits per heavy atom. The largest absolute Gasteiger partial charge is 0.379 e. The van der Waals surface area contributed by atoms with E-state index in [4.69, 9.17) is 9.47 Å². The van der Waals surface area contributed by atoms with Gasteiger partial charge in [0.25, 0.3) is 0 Å². The smallest absolute Gasteiger partial charge is 0.191 e. The first-order valence-electron chi connectivity index (χ1n) is 9.71. The summed E-state index contributed by atoms with van der Waals surface area (Å²) in [4.78, 5) is 4.28. The third-order valence-corrected chi connectivity index (χ3v) is 6.14. The number of unbranched alkanes of at least 4 members (excludes halogenated alkanes) is 1. The number of guanidine groups is 1. The van der Waals surface area contributed by atoms with Gasteiger partial charge in [-0.15, -0.1) is 24.0 Å². The van der Waals surface area contributed by atoms with E-state index in [-0.39, 0.29) is 24.0 Å². The van der Waals surface area contributed by atoms with E-state index < -0.39 is 10.8 Å². The van der Waals surface area contributed by atoms with E-state index >= 15 is 0 Å². The highest BCUT2D eigenvalue weighted by molar-refractivity contribution is 14.0. The van der Waals surface area contributed by atoms with Crippen LogP contribution in [-0.4, -0.2) is 67.2 Å². The molecule has 6 nitrogen and oxygen atoms in total. The fourth-order valence-electron chi connectivity index (χ4n) is 2.95. The normalized spacial score (nSPS) is 21.7. The van der Waals surface area contributed by atoms with Crippen LogP contribution in [0.5, 0.6) is 0 Å². The van der Waals surface area contributed by atoms with Crippen LogP contribution < -0.4 is 10.6 Å². The number of rotatable bonds is 12. The Bertz CT molecular complexity index is 400. The number of aliphatic imine (C=N–C) groups is 1. The minimum Gasteiger partial charge on any atom is -0.379 e. The zero-order valence-electron chi connectivity index (χ0n) is 16.6. The minimum absolute atomic E-state index is 0. The van der Waals surface area contributed by atoms with Crippen LogP contribution in [0.2, 0.25) is 0 Å². The number of ether oxygens (including phenoxy) is 2. The Morgan fingerprint density at radius 1 is 1.15 bits per heavy atom. The molecule has 26 heavy (non-hydrogen) atoms. The van der Waals surface area contributed by atoms with Gasteiger partial charge in [-0.05, 0) is 25.7 Å². The average Bonchev–Trinajstić information content (AvgIpc) is 2.65. The van der Waals surface area contributed by atoms with Gasteiger partial charge in [-0.3, -0.25) is 9.20 Å². The van der Waals surface area contributed by atoms with Crippen LogP contribution in [0, 0.1) is 0 Å². The van der Waals surface area contributed by atoms with Gasteiger partial charge in [0.15, 0.2) is 5.96 Å². The molecule has 1 aliphatic carbocycles. The molecule has 0 amide bonds. The number of hydrogen-bond acceptors (Lipinski definition) is 4. The second-order valence-electron chi connectivity index (χ2n) is 6.38. The monoisotopic (exact) mass is 503 g/mol. The molecule has 1 fully saturated rings. The van der Waals surface area contributed by atoms with Crippen LogP contribution in [0.3, 0.4) is 0 Å². The summed E-state index contributed by atoms with van der Waals surface area (Å²) in [6.07, 6.45) is 6.56. The van der Waals surface area contributed by atoms with Gasteiger partial charge in [0.1, 0.15) is 0 Å². The highest BCUT2D eigenvalue weighted by Crippen LogP contribution is 2.22. The summed E-state index contributed by atoms with van der Waals surface area (Å²) in [5.41, 5.74) is 0. The van der Waals surface area contributed by atoms with Crippen LogP contribution in [0.4, 0.5) is 0 Å². The van der Waals surface area contributed by atoms with E-state index in [2.05, 4.69) is 22.5 Å². The second-order valence-corrected chi connectivity index (χ2v) is 8.38. The highest BCUT2D eigenvalue weighted by atomic mass is 127. The summed E-state index contributed by atoms with van der Waals surface area (Å²) in [6.45, 7) is 7.61. The van der Waals surface area contributed by atoms with E-state index in [9.17, 15) is 4.21 Å². The number of nitrogens with one attached hydrogen (secondary N) is 2. The zero-order chi connectivity index (χ0) is 18.3. The Hall–Kier alpha value is 0.0700. The van der Waals surface area contributed by atoms with Crippen LogP contribution in [-0.2, 0) is 20.3 Å². The lowest BCUT2D eigenvalue weighted by Gasteiger charge is -2.30. The van der Waals surface area contributed by atoms with Crippen molar-refractivity contribution >= 4 is 40.7 Å². The van der Waals surface area contributed by atoms with Gasteiger partial charge in [-0.1, -0.05) is 26.7 Å². The third-order valence-electron chi connectivity index (χ3n) is 4.40. The molecule has 0 saturated heterocycles. The van der Waals surface area contributed by atoms with Crippen molar-refractivity contribution in [1.82, 2.24) is 10.6 Å². The Balaban J connectivity index is 0.00000625. The van der Waals surface area contributed by atoms with Crippen LogP contribution >= 0.6 is 24.0 Å². The fraction of sp³-hybridized carbons (Fsp3) is 0.944. The minimum atomic E-state index is -0.696. The molecule has 0 heterocycles. The molecule has 1 aliphatic rings. The lowest BCUT2D eigenvalue weighted by molar-refractivity contribution is 0.0487. The molecule has 1 saturated carbocycles. The number of nitrogens with zero attached hydrogens (tertiary/aromatic N) is 1. The maximum absolute atomic E-state index is 12.0. The molecule has 0 aromatic carbocycles. The Labute approximate surface area is 179 Å². The average molecular weight is 503 g/mol.